The first-order chi connectivity index (χ1) is 14.7. The van der Waals surface area contributed by atoms with E-state index in [1.54, 1.807) is 31.2 Å². The van der Waals surface area contributed by atoms with E-state index in [-0.39, 0.29) is 17.6 Å². The fraction of sp³-hybridized carbons (Fsp3) is 0.409. The van der Waals surface area contributed by atoms with Gasteiger partial charge in [-0.15, -0.1) is 0 Å². The summed E-state index contributed by atoms with van der Waals surface area (Å²) in [6.07, 6.45) is 0.999. The van der Waals surface area contributed by atoms with Crippen molar-refractivity contribution < 1.29 is 17.9 Å². The molecule has 1 heterocycles. The minimum absolute atomic E-state index is 0.0358. The average molecular weight is 485 g/mol. The number of carbonyl (C=O) groups is 1. The number of sulfonamides is 1. The summed E-state index contributed by atoms with van der Waals surface area (Å²) in [5.74, 6) is 0.438. The minimum atomic E-state index is -3.53. The van der Waals surface area contributed by atoms with Crippen LogP contribution < -0.4 is 4.74 Å². The van der Waals surface area contributed by atoms with Gasteiger partial charge in [0.25, 0.3) is 0 Å². The Morgan fingerprint density at radius 1 is 1.13 bits per heavy atom. The Kier molecular flexibility index (Phi) is 7.86. The average Bonchev–Trinajstić information content (AvgIpc) is 2.76. The first-order valence-electron chi connectivity index (χ1n) is 9.99. The second-order valence-electron chi connectivity index (χ2n) is 7.71. The first kappa shape index (κ1) is 23.9. The number of hydrogen-bond acceptors (Lipinski definition) is 4. The van der Waals surface area contributed by atoms with Crippen molar-refractivity contribution in [2.75, 3.05) is 27.2 Å². The summed E-state index contributed by atoms with van der Waals surface area (Å²) in [4.78, 5) is 14.6. The van der Waals surface area contributed by atoms with Crippen LogP contribution in [0.4, 0.5) is 0 Å². The van der Waals surface area contributed by atoms with Gasteiger partial charge in [-0.05, 0) is 48.2 Å². The maximum absolute atomic E-state index is 12.9. The molecule has 1 saturated heterocycles. The number of rotatable bonds is 7. The molecular formula is C22H26Cl2N2O4S. The molecule has 0 spiro atoms. The normalized spacial score (nSPS) is 15.6. The third kappa shape index (κ3) is 6.13. The molecule has 1 aliphatic rings. The van der Waals surface area contributed by atoms with Gasteiger partial charge in [0.15, 0.2) is 0 Å². The predicted molar refractivity (Wildman–Crippen MR) is 123 cm³/mol. The molecule has 2 aromatic carbocycles. The summed E-state index contributed by atoms with van der Waals surface area (Å²) in [6, 6.07) is 12.4. The Morgan fingerprint density at radius 3 is 2.35 bits per heavy atom. The van der Waals surface area contributed by atoms with Crippen molar-refractivity contribution in [1.29, 1.82) is 0 Å². The van der Waals surface area contributed by atoms with E-state index in [4.69, 9.17) is 27.9 Å². The monoisotopic (exact) mass is 484 g/mol. The van der Waals surface area contributed by atoms with Crippen LogP contribution in [0.1, 0.15) is 24.0 Å². The number of carbonyl (C=O) groups excluding carboxylic acids is 1. The standard InChI is InChI=1S/C22H26Cl2N2O4S/c1-25(14-16-3-7-20(30-2)8-4-16)22(27)17-9-11-26(12-10-17)31(28,29)15-18-5-6-19(23)13-21(18)24/h3-8,13,17H,9-12,14-15H2,1-2H3. The van der Waals surface area contributed by atoms with Gasteiger partial charge in [0.05, 0.1) is 12.9 Å². The first-order valence-corrected chi connectivity index (χ1v) is 12.4. The van der Waals surface area contributed by atoms with Gasteiger partial charge in [-0.25, -0.2) is 12.7 Å². The molecule has 31 heavy (non-hydrogen) atoms. The summed E-state index contributed by atoms with van der Waals surface area (Å²) < 4.78 is 32.3. The van der Waals surface area contributed by atoms with Crippen LogP contribution in [0.3, 0.4) is 0 Å². The van der Waals surface area contributed by atoms with Gasteiger partial charge in [-0.1, -0.05) is 41.4 Å². The highest BCUT2D eigenvalue weighted by Gasteiger charge is 2.32. The molecule has 168 valence electrons. The van der Waals surface area contributed by atoms with Crippen LogP contribution in [-0.2, 0) is 27.1 Å². The highest BCUT2D eigenvalue weighted by atomic mass is 35.5. The second kappa shape index (κ2) is 10.2. The molecule has 0 atom stereocenters. The largest absolute Gasteiger partial charge is 0.497 e. The van der Waals surface area contributed by atoms with E-state index < -0.39 is 10.0 Å². The van der Waals surface area contributed by atoms with Gasteiger partial charge < -0.3 is 9.64 Å². The summed E-state index contributed by atoms with van der Waals surface area (Å²) >= 11 is 12.0. The fourth-order valence-corrected chi connectivity index (χ4v) is 5.85. The topological polar surface area (TPSA) is 66.9 Å². The molecule has 1 fully saturated rings. The number of piperidine rings is 1. The van der Waals surface area contributed by atoms with Gasteiger partial charge in [-0.2, -0.15) is 0 Å². The van der Waals surface area contributed by atoms with Crippen molar-refractivity contribution in [3.05, 3.63) is 63.6 Å². The molecule has 0 radical (unpaired) electrons. The third-order valence-electron chi connectivity index (χ3n) is 5.50. The van der Waals surface area contributed by atoms with E-state index in [1.165, 1.54) is 10.4 Å². The molecule has 0 bridgehead atoms. The van der Waals surface area contributed by atoms with Crippen molar-refractivity contribution in [2.45, 2.75) is 25.1 Å². The predicted octanol–water partition coefficient (Wildman–Crippen LogP) is 4.20. The highest BCUT2D eigenvalue weighted by Crippen LogP contribution is 2.27. The summed E-state index contributed by atoms with van der Waals surface area (Å²) in [6.45, 7) is 1.14. The Balaban J connectivity index is 1.55. The van der Waals surface area contributed by atoms with Crippen LogP contribution >= 0.6 is 23.2 Å². The number of halogens is 2. The number of ether oxygens (including phenoxy) is 1. The lowest BCUT2D eigenvalue weighted by Gasteiger charge is -2.32. The Bertz CT molecular complexity index is 1020. The number of nitrogens with zero attached hydrogens (tertiary/aromatic N) is 2. The lowest BCUT2D eigenvalue weighted by Crippen LogP contribution is -2.43. The fourth-order valence-electron chi connectivity index (χ4n) is 3.70. The van der Waals surface area contributed by atoms with Crippen molar-refractivity contribution in [3.63, 3.8) is 0 Å². The molecule has 1 amide bonds. The number of benzene rings is 2. The molecule has 0 aliphatic carbocycles. The van der Waals surface area contributed by atoms with E-state index in [9.17, 15) is 13.2 Å². The molecule has 0 unspecified atom stereocenters. The van der Waals surface area contributed by atoms with Gasteiger partial charge in [-0.3, -0.25) is 4.79 Å². The summed E-state index contributed by atoms with van der Waals surface area (Å²) in [7, 11) is -0.139. The molecule has 3 rings (SSSR count). The highest BCUT2D eigenvalue weighted by molar-refractivity contribution is 7.88. The molecule has 0 aromatic heterocycles. The molecule has 2 aromatic rings. The van der Waals surface area contributed by atoms with Gasteiger partial charge in [0.2, 0.25) is 15.9 Å². The summed E-state index contributed by atoms with van der Waals surface area (Å²) in [5.41, 5.74) is 1.53. The van der Waals surface area contributed by atoms with E-state index in [0.29, 0.717) is 48.1 Å². The Hall–Kier alpha value is -1.80. The molecule has 6 nitrogen and oxygen atoms in total. The van der Waals surface area contributed by atoms with Crippen molar-refractivity contribution in [1.82, 2.24) is 9.21 Å². The minimum Gasteiger partial charge on any atom is -0.497 e. The van der Waals surface area contributed by atoms with E-state index >= 15 is 0 Å². The van der Waals surface area contributed by atoms with Gasteiger partial charge in [0, 0.05) is 42.6 Å². The maximum Gasteiger partial charge on any atom is 0.225 e. The van der Waals surface area contributed by atoms with Crippen LogP contribution in [0.15, 0.2) is 42.5 Å². The quantitative estimate of drug-likeness (QED) is 0.590. The molecule has 0 N–H and O–H groups in total. The van der Waals surface area contributed by atoms with Gasteiger partial charge in [0.1, 0.15) is 5.75 Å². The zero-order chi connectivity index (χ0) is 22.6. The zero-order valence-corrected chi connectivity index (χ0v) is 19.9. The molecule has 0 saturated carbocycles. The number of hydrogen-bond donors (Lipinski definition) is 0. The second-order valence-corrected chi connectivity index (χ2v) is 10.5. The summed E-state index contributed by atoms with van der Waals surface area (Å²) in [5, 5.41) is 0.797. The number of amides is 1. The molecule has 9 heteroatoms. The van der Waals surface area contributed by atoms with Crippen LogP contribution in [-0.4, -0.2) is 50.8 Å². The van der Waals surface area contributed by atoms with Crippen LogP contribution in [0.5, 0.6) is 5.75 Å². The maximum atomic E-state index is 12.9. The molecular weight excluding hydrogens is 459 g/mol. The molecule has 1 aliphatic heterocycles. The zero-order valence-electron chi connectivity index (χ0n) is 17.6. The lowest BCUT2D eigenvalue weighted by atomic mass is 9.96. The van der Waals surface area contributed by atoms with Crippen LogP contribution in [0, 0.1) is 5.92 Å². The lowest BCUT2D eigenvalue weighted by molar-refractivity contribution is -0.135. The van der Waals surface area contributed by atoms with E-state index in [0.717, 1.165) is 11.3 Å². The van der Waals surface area contributed by atoms with Crippen LogP contribution in [0.25, 0.3) is 0 Å². The Labute approximate surface area is 193 Å². The smallest absolute Gasteiger partial charge is 0.225 e. The van der Waals surface area contributed by atoms with Gasteiger partial charge >= 0.3 is 0 Å². The number of methoxy groups -OCH3 is 1. The SMILES string of the molecule is COc1ccc(CN(C)C(=O)C2CCN(S(=O)(=O)Cc3ccc(Cl)cc3Cl)CC2)cc1. The van der Waals surface area contributed by atoms with Crippen molar-refractivity contribution in [3.8, 4) is 5.75 Å². The van der Waals surface area contributed by atoms with E-state index in [1.807, 2.05) is 24.3 Å². The Morgan fingerprint density at radius 2 is 1.77 bits per heavy atom. The van der Waals surface area contributed by atoms with Crippen molar-refractivity contribution >= 4 is 39.1 Å². The third-order valence-corrected chi connectivity index (χ3v) is 7.92. The van der Waals surface area contributed by atoms with Crippen LogP contribution in [0.2, 0.25) is 10.0 Å². The van der Waals surface area contributed by atoms with E-state index in [2.05, 4.69) is 0 Å². The van der Waals surface area contributed by atoms with Crippen molar-refractivity contribution in [2.24, 2.45) is 5.92 Å².